The maximum absolute atomic E-state index is 12.9. The number of sulfonamides is 1. The van der Waals surface area contributed by atoms with Gasteiger partial charge in [0.1, 0.15) is 5.75 Å². The van der Waals surface area contributed by atoms with E-state index in [0.717, 1.165) is 23.3 Å². The number of rotatable bonds is 6. The Morgan fingerprint density at radius 2 is 1.79 bits per heavy atom. The molecule has 1 amide bonds. The molecule has 1 saturated heterocycles. The topological polar surface area (TPSA) is 75.7 Å². The monoisotopic (exact) mass is 414 g/mol. The number of nitrogens with one attached hydrogen (secondary N) is 1. The smallest absolute Gasteiger partial charge is 0.243 e. The molecule has 0 bridgehead atoms. The van der Waals surface area contributed by atoms with E-state index in [-0.39, 0.29) is 17.9 Å². The molecule has 2 aliphatic rings. The number of ether oxygens (including phenoxy) is 1. The Labute approximate surface area is 171 Å². The Balaban J connectivity index is 1.34. The van der Waals surface area contributed by atoms with E-state index < -0.39 is 10.0 Å². The van der Waals surface area contributed by atoms with Gasteiger partial charge < -0.3 is 10.1 Å². The highest BCUT2D eigenvalue weighted by Gasteiger charge is 2.50. The number of amides is 1. The standard InChI is InChI=1S/C22H26N2O4S/c1-15-3-9-19(10-4-15)29(26,27)24-13-17-12-21(20(17)14-24)23-22(25)11-16-5-7-18(28-2)8-6-16/h3-10,17,20-21H,11-14H2,1-2H3,(H,23,25)/t17-,20+,21+/m1/s1. The number of hydrogen-bond donors (Lipinski definition) is 1. The average molecular weight is 415 g/mol. The van der Waals surface area contributed by atoms with Crippen molar-refractivity contribution in [3.05, 3.63) is 59.7 Å². The number of nitrogens with zero attached hydrogens (tertiary/aromatic N) is 1. The van der Waals surface area contributed by atoms with E-state index in [1.54, 1.807) is 23.5 Å². The molecule has 7 heteroatoms. The van der Waals surface area contributed by atoms with Crippen LogP contribution in [-0.2, 0) is 21.2 Å². The third-order valence-corrected chi connectivity index (χ3v) is 7.91. The first-order valence-electron chi connectivity index (χ1n) is 9.86. The lowest BCUT2D eigenvalue weighted by Gasteiger charge is -2.39. The lowest BCUT2D eigenvalue weighted by atomic mass is 9.71. The fraction of sp³-hybridized carbons (Fsp3) is 0.409. The summed E-state index contributed by atoms with van der Waals surface area (Å²) in [7, 11) is -1.87. The van der Waals surface area contributed by atoms with Crippen molar-refractivity contribution in [2.75, 3.05) is 20.2 Å². The zero-order chi connectivity index (χ0) is 20.6. The van der Waals surface area contributed by atoms with Crippen LogP contribution in [0.15, 0.2) is 53.4 Å². The molecular formula is C22H26N2O4S. The zero-order valence-electron chi connectivity index (χ0n) is 16.7. The third-order valence-electron chi connectivity index (χ3n) is 6.06. The van der Waals surface area contributed by atoms with Gasteiger partial charge in [-0.25, -0.2) is 8.42 Å². The van der Waals surface area contributed by atoms with Gasteiger partial charge in [-0.1, -0.05) is 29.8 Å². The Morgan fingerprint density at radius 1 is 1.10 bits per heavy atom. The second-order valence-corrected chi connectivity index (χ2v) is 9.93. The third kappa shape index (κ3) is 4.02. The molecule has 154 valence electrons. The molecule has 4 rings (SSSR count). The number of methoxy groups -OCH3 is 1. The molecular weight excluding hydrogens is 388 g/mol. The number of hydrogen-bond acceptors (Lipinski definition) is 4. The van der Waals surface area contributed by atoms with Crippen molar-refractivity contribution in [1.29, 1.82) is 0 Å². The van der Waals surface area contributed by atoms with Gasteiger partial charge in [-0.2, -0.15) is 4.31 Å². The fourth-order valence-corrected chi connectivity index (χ4v) is 5.81. The van der Waals surface area contributed by atoms with Crippen LogP contribution in [-0.4, -0.2) is 44.9 Å². The van der Waals surface area contributed by atoms with Crippen LogP contribution >= 0.6 is 0 Å². The van der Waals surface area contributed by atoms with Crippen molar-refractivity contribution in [3.8, 4) is 5.75 Å². The van der Waals surface area contributed by atoms with Crippen molar-refractivity contribution in [3.63, 3.8) is 0 Å². The zero-order valence-corrected chi connectivity index (χ0v) is 17.5. The van der Waals surface area contributed by atoms with E-state index in [4.69, 9.17) is 4.74 Å². The van der Waals surface area contributed by atoms with E-state index in [1.165, 1.54) is 0 Å². The SMILES string of the molecule is COc1ccc(CC(=O)N[C@H]2C[C@@H]3CN(S(=O)(=O)c4ccc(C)cc4)C[C@@H]32)cc1. The summed E-state index contributed by atoms with van der Waals surface area (Å²) in [6.07, 6.45) is 1.14. The molecule has 0 aromatic heterocycles. The first kappa shape index (κ1) is 19.9. The molecule has 0 unspecified atom stereocenters. The molecule has 1 saturated carbocycles. The largest absolute Gasteiger partial charge is 0.497 e. The minimum Gasteiger partial charge on any atom is -0.497 e. The molecule has 0 radical (unpaired) electrons. The molecule has 2 aromatic carbocycles. The summed E-state index contributed by atoms with van der Waals surface area (Å²) in [6.45, 7) is 2.94. The summed E-state index contributed by atoms with van der Waals surface area (Å²) >= 11 is 0. The van der Waals surface area contributed by atoms with Gasteiger partial charge in [-0.3, -0.25) is 4.79 Å². The number of carbonyl (C=O) groups excluding carboxylic acids is 1. The second kappa shape index (κ2) is 7.80. The van der Waals surface area contributed by atoms with Gasteiger partial charge in [0, 0.05) is 19.1 Å². The molecule has 6 nitrogen and oxygen atoms in total. The van der Waals surface area contributed by atoms with Crippen molar-refractivity contribution < 1.29 is 17.9 Å². The summed E-state index contributed by atoms with van der Waals surface area (Å²) in [5, 5.41) is 3.09. The summed E-state index contributed by atoms with van der Waals surface area (Å²) < 4.78 is 32.5. The highest BCUT2D eigenvalue weighted by molar-refractivity contribution is 7.89. The molecule has 1 aliphatic heterocycles. The minimum atomic E-state index is -3.48. The highest BCUT2D eigenvalue weighted by atomic mass is 32.2. The predicted molar refractivity (Wildman–Crippen MR) is 110 cm³/mol. The lowest BCUT2D eigenvalue weighted by Crippen LogP contribution is -2.52. The van der Waals surface area contributed by atoms with Crippen LogP contribution in [0.3, 0.4) is 0 Å². The Kier molecular flexibility index (Phi) is 5.36. The first-order valence-corrected chi connectivity index (χ1v) is 11.3. The average Bonchev–Trinajstić information content (AvgIpc) is 3.05. The summed E-state index contributed by atoms with van der Waals surface area (Å²) in [6, 6.07) is 14.5. The van der Waals surface area contributed by atoms with E-state index in [2.05, 4.69) is 5.32 Å². The summed E-state index contributed by atoms with van der Waals surface area (Å²) in [5.41, 5.74) is 1.96. The van der Waals surface area contributed by atoms with Crippen molar-refractivity contribution >= 4 is 15.9 Å². The summed E-state index contributed by atoms with van der Waals surface area (Å²) in [5.74, 6) is 1.24. The molecule has 1 N–H and O–H groups in total. The van der Waals surface area contributed by atoms with Gasteiger partial charge in [-0.15, -0.1) is 0 Å². The number of carbonyl (C=O) groups is 1. The molecule has 2 fully saturated rings. The van der Waals surface area contributed by atoms with E-state index in [0.29, 0.717) is 30.3 Å². The number of aryl methyl sites for hydroxylation is 1. The lowest BCUT2D eigenvalue weighted by molar-refractivity contribution is -0.122. The normalized spacial score (nSPS) is 23.9. The molecule has 29 heavy (non-hydrogen) atoms. The Hall–Kier alpha value is -2.38. The van der Waals surface area contributed by atoms with Crippen molar-refractivity contribution in [2.24, 2.45) is 11.8 Å². The molecule has 0 spiro atoms. The highest BCUT2D eigenvalue weighted by Crippen LogP contribution is 2.42. The predicted octanol–water partition coefficient (Wildman–Crippen LogP) is 2.37. The van der Waals surface area contributed by atoms with Crippen LogP contribution in [0.25, 0.3) is 0 Å². The number of benzene rings is 2. The van der Waals surface area contributed by atoms with Gasteiger partial charge in [0.05, 0.1) is 18.4 Å². The summed E-state index contributed by atoms with van der Waals surface area (Å²) in [4.78, 5) is 12.8. The van der Waals surface area contributed by atoms with Crippen molar-refractivity contribution in [1.82, 2.24) is 9.62 Å². The maximum atomic E-state index is 12.9. The van der Waals surface area contributed by atoms with E-state index in [9.17, 15) is 13.2 Å². The van der Waals surface area contributed by atoms with Crippen LogP contribution < -0.4 is 10.1 Å². The van der Waals surface area contributed by atoms with Gasteiger partial charge in [0.25, 0.3) is 0 Å². The molecule has 1 heterocycles. The van der Waals surface area contributed by atoms with Crippen LogP contribution in [0.1, 0.15) is 17.5 Å². The van der Waals surface area contributed by atoms with Crippen LogP contribution in [0, 0.1) is 18.8 Å². The molecule has 3 atom stereocenters. The quantitative estimate of drug-likeness (QED) is 0.787. The molecule has 1 aliphatic carbocycles. The number of fused-ring (bicyclic) bond motifs is 1. The van der Waals surface area contributed by atoms with Crippen molar-refractivity contribution in [2.45, 2.75) is 30.7 Å². The Bertz CT molecular complexity index is 986. The van der Waals surface area contributed by atoms with Crippen LogP contribution in [0.4, 0.5) is 0 Å². The van der Waals surface area contributed by atoms with Gasteiger partial charge >= 0.3 is 0 Å². The van der Waals surface area contributed by atoms with Crippen LogP contribution in [0.5, 0.6) is 5.75 Å². The van der Waals surface area contributed by atoms with E-state index >= 15 is 0 Å². The van der Waals surface area contributed by atoms with Gasteiger partial charge in [0.15, 0.2) is 0 Å². The first-order chi connectivity index (χ1) is 13.9. The van der Waals surface area contributed by atoms with Gasteiger partial charge in [0.2, 0.25) is 15.9 Å². The second-order valence-electron chi connectivity index (χ2n) is 7.99. The molecule has 2 aromatic rings. The maximum Gasteiger partial charge on any atom is 0.243 e. The van der Waals surface area contributed by atoms with Crippen LogP contribution in [0.2, 0.25) is 0 Å². The minimum absolute atomic E-state index is 0.0292. The Morgan fingerprint density at radius 3 is 2.45 bits per heavy atom. The van der Waals surface area contributed by atoms with E-state index in [1.807, 2.05) is 43.3 Å². The fourth-order valence-electron chi connectivity index (χ4n) is 4.27. The van der Waals surface area contributed by atoms with Gasteiger partial charge in [-0.05, 0) is 55.0 Å².